The maximum atomic E-state index is 11.9. The molecule has 2 rings (SSSR count). The smallest absolute Gasteiger partial charge is 0.187 e. The van der Waals surface area contributed by atoms with Crippen LogP contribution in [0.5, 0.6) is 5.75 Å². The fraction of sp³-hybridized carbons (Fsp3) is 0.118. The van der Waals surface area contributed by atoms with E-state index in [2.05, 4.69) is 5.43 Å². The van der Waals surface area contributed by atoms with Crippen molar-refractivity contribution in [2.24, 2.45) is 0 Å². The van der Waals surface area contributed by atoms with E-state index >= 15 is 0 Å². The average molecular weight is 282 g/mol. The Hall–Kier alpha value is -2.75. The van der Waals surface area contributed by atoms with E-state index in [1.807, 2.05) is 54.5 Å². The summed E-state index contributed by atoms with van der Waals surface area (Å²) in [7, 11) is 3.51. The Labute approximate surface area is 124 Å². The molecule has 0 fully saturated rings. The quantitative estimate of drug-likeness (QED) is 0.502. The molecule has 0 atom stereocenters. The van der Waals surface area contributed by atoms with Crippen molar-refractivity contribution < 1.29 is 9.53 Å². The van der Waals surface area contributed by atoms with Crippen LogP contribution in [0.2, 0.25) is 0 Å². The van der Waals surface area contributed by atoms with Crippen molar-refractivity contribution in [2.45, 2.75) is 0 Å². The summed E-state index contributed by atoms with van der Waals surface area (Å²) >= 11 is 0. The van der Waals surface area contributed by atoms with Crippen molar-refractivity contribution >= 4 is 11.5 Å². The molecule has 0 saturated heterocycles. The van der Waals surface area contributed by atoms with Crippen LogP contribution < -0.4 is 15.2 Å². The minimum atomic E-state index is -0.0359. The van der Waals surface area contributed by atoms with E-state index in [1.54, 1.807) is 25.4 Å². The number of hydrazine groups is 1. The molecule has 1 N–H and O–H groups in total. The summed E-state index contributed by atoms with van der Waals surface area (Å²) in [5, 5.41) is 1.81. The SMILES string of the molecule is COc1ccc(N(C)N/C=C\C(=O)c2ccccc2)cc1. The highest BCUT2D eigenvalue weighted by Crippen LogP contribution is 2.16. The fourth-order valence-corrected chi connectivity index (χ4v) is 1.80. The number of nitrogens with one attached hydrogen (secondary N) is 1. The Morgan fingerprint density at radius 1 is 1.10 bits per heavy atom. The fourth-order valence-electron chi connectivity index (χ4n) is 1.80. The van der Waals surface area contributed by atoms with Gasteiger partial charge in [-0.1, -0.05) is 30.3 Å². The molecule has 0 heterocycles. The first-order valence-electron chi connectivity index (χ1n) is 6.60. The first-order chi connectivity index (χ1) is 10.2. The summed E-state index contributed by atoms with van der Waals surface area (Å²) in [6.07, 6.45) is 3.13. The van der Waals surface area contributed by atoms with Gasteiger partial charge in [0, 0.05) is 24.9 Å². The van der Waals surface area contributed by atoms with Crippen LogP contribution in [0.25, 0.3) is 0 Å². The van der Waals surface area contributed by atoms with Crippen molar-refractivity contribution in [3.05, 3.63) is 72.4 Å². The Bertz CT molecular complexity index is 606. The largest absolute Gasteiger partial charge is 0.497 e. The molecule has 108 valence electrons. The third kappa shape index (κ3) is 4.11. The van der Waals surface area contributed by atoms with Crippen LogP contribution in [0.4, 0.5) is 5.69 Å². The van der Waals surface area contributed by atoms with Gasteiger partial charge in [0.1, 0.15) is 5.75 Å². The number of ketones is 1. The lowest BCUT2D eigenvalue weighted by atomic mass is 10.1. The van der Waals surface area contributed by atoms with Gasteiger partial charge in [0.05, 0.1) is 12.8 Å². The molecular weight excluding hydrogens is 264 g/mol. The number of nitrogens with zero attached hydrogens (tertiary/aromatic N) is 1. The number of carbonyl (C=O) groups is 1. The normalized spacial score (nSPS) is 10.4. The molecule has 0 aliphatic rings. The first kappa shape index (κ1) is 14.7. The maximum Gasteiger partial charge on any atom is 0.187 e. The lowest BCUT2D eigenvalue weighted by Crippen LogP contribution is -2.29. The van der Waals surface area contributed by atoms with Crippen LogP contribution in [0, 0.1) is 0 Å². The van der Waals surface area contributed by atoms with Gasteiger partial charge in [0.25, 0.3) is 0 Å². The lowest BCUT2D eigenvalue weighted by Gasteiger charge is -2.19. The van der Waals surface area contributed by atoms with Gasteiger partial charge in [-0.05, 0) is 24.3 Å². The summed E-state index contributed by atoms with van der Waals surface area (Å²) in [4.78, 5) is 11.9. The van der Waals surface area contributed by atoms with Crippen molar-refractivity contribution in [3.8, 4) is 5.75 Å². The molecule has 0 amide bonds. The standard InChI is InChI=1S/C17H18N2O2/c1-19(15-8-10-16(21-2)11-9-15)18-13-12-17(20)14-6-4-3-5-7-14/h3-13,18H,1-2H3/b13-12-. The molecule has 4 heteroatoms. The molecule has 2 aromatic rings. The van der Waals surface area contributed by atoms with Gasteiger partial charge in [0.2, 0.25) is 0 Å². The van der Waals surface area contributed by atoms with Crippen molar-refractivity contribution in [3.63, 3.8) is 0 Å². The van der Waals surface area contributed by atoms with E-state index in [4.69, 9.17) is 4.74 Å². The zero-order chi connectivity index (χ0) is 15.1. The Kier molecular flexibility index (Phi) is 4.99. The first-order valence-corrected chi connectivity index (χ1v) is 6.60. The second-order valence-corrected chi connectivity index (χ2v) is 4.45. The van der Waals surface area contributed by atoms with Crippen LogP contribution in [-0.4, -0.2) is 19.9 Å². The van der Waals surface area contributed by atoms with Crippen LogP contribution in [0.1, 0.15) is 10.4 Å². The van der Waals surface area contributed by atoms with E-state index in [-0.39, 0.29) is 5.78 Å². The third-order valence-electron chi connectivity index (χ3n) is 3.02. The molecule has 2 aromatic carbocycles. The molecule has 0 aliphatic carbocycles. The molecule has 0 spiro atoms. The highest BCUT2D eigenvalue weighted by molar-refractivity contribution is 6.04. The van der Waals surface area contributed by atoms with Crippen LogP contribution in [0.15, 0.2) is 66.9 Å². The van der Waals surface area contributed by atoms with Gasteiger partial charge in [-0.3, -0.25) is 9.80 Å². The summed E-state index contributed by atoms with van der Waals surface area (Å²) in [6, 6.07) is 16.8. The summed E-state index contributed by atoms with van der Waals surface area (Å²) in [6.45, 7) is 0. The van der Waals surface area contributed by atoms with Gasteiger partial charge in [-0.2, -0.15) is 0 Å². The summed E-state index contributed by atoms with van der Waals surface area (Å²) in [5.41, 5.74) is 4.66. The summed E-state index contributed by atoms with van der Waals surface area (Å²) < 4.78 is 5.11. The number of hydrogen-bond acceptors (Lipinski definition) is 4. The predicted octanol–water partition coefficient (Wildman–Crippen LogP) is 3.03. The zero-order valence-electron chi connectivity index (χ0n) is 12.1. The third-order valence-corrected chi connectivity index (χ3v) is 3.02. The van der Waals surface area contributed by atoms with Gasteiger partial charge >= 0.3 is 0 Å². The van der Waals surface area contributed by atoms with Crippen LogP contribution in [-0.2, 0) is 0 Å². The second-order valence-electron chi connectivity index (χ2n) is 4.45. The highest BCUT2D eigenvalue weighted by atomic mass is 16.5. The van der Waals surface area contributed by atoms with Crippen molar-refractivity contribution in [2.75, 3.05) is 19.2 Å². The van der Waals surface area contributed by atoms with Gasteiger partial charge in [0.15, 0.2) is 5.78 Å². The number of ether oxygens (including phenoxy) is 1. The monoisotopic (exact) mass is 282 g/mol. The minimum absolute atomic E-state index is 0.0359. The molecule has 21 heavy (non-hydrogen) atoms. The van der Waals surface area contributed by atoms with E-state index < -0.39 is 0 Å². The number of rotatable bonds is 6. The van der Waals surface area contributed by atoms with E-state index in [0.717, 1.165) is 11.4 Å². The maximum absolute atomic E-state index is 11.9. The Morgan fingerprint density at radius 3 is 2.38 bits per heavy atom. The number of methoxy groups -OCH3 is 1. The Balaban J connectivity index is 1.92. The molecule has 0 bridgehead atoms. The molecule has 4 nitrogen and oxygen atoms in total. The molecule has 0 aromatic heterocycles. The number of hydrogen-bond donors (Lipinski definition) is 1. The van der Waals surface area contributed by atoms with Crippen molar-refractivity contribution in [1.82, 2.24) is 5.43 Å². The predicted molar refractivity (Wildman–Crippen MR) is 84.4 cm³/mol. The second kappa shape index (κ2) is 7.14. The molecule has 0 radical (unpaired) electrons. The van der Waals surface area contributed by atoms with E-state index in [9.17, 15) is 4.79 Å². The van der Waals surface area contributed by atoms with Crippen molar-refractivity contribution in [1.29, 1.82) is 0 Å². The van der Waals surface area contributed by atoms with Gasteiger partial charge in [-0.25, -0.2) is 0 Å². The van der Waals surface area contributed by atoms with Crippen LogP contribution in [0.3, 0.4) is 0 Å². The van der Waals surface area contributed by atoms with E-state index in [0.29, 0.717) is 5.56 Å². The number of carbonyl (C=O) groups excluding carboxylic acids is 1. The Morgan fingerprint density at radius 2 is 1.76 bits per heavy atom. The summed E-state index contributed by atoms with van der Waals surface area (Å²) in [5.74, 6) is 0.771. The number of anilines is 1. The minimum Gasteiger partial charge on any atom is -0.497 e. The van der Waals surface area contributed by atoms with Gasteiger partial charge < -0.3 is 10.2 Å². The van der Waals surface area contributed by atoms with Gasteiger partial charge in [-0.15, -0.1) is 0 Å². The lowest BCUT2D eigenvalue weighted by molar-refractivity contribution is 0.104. The molecule has 0 saturated carbocycles. The zero-order valence-corrected chi connectivity index (χ0v) is 12.1. The number of allylic oxidation sites excluding steroid dienone is 1. The molecular formula is C17H18N2O2. The van der Waals surface area contributed by atoms with E-state index in [1.165, 1.54) is 6.08 Å². The highest BCUT2D eigenvalue weighted by Gasteiger charge is 2.01. The average Bonchev–Trinajstić information content (AvgIpc) is 2.55. The number of benzene rings is 2. The molecule has 0 unspecified atom stereocenters. The van der Waals surface area contributed by atoms with Crippen LogP contribution >= 0.6 is 0 Å². The topological polar surface area (TPSA) is 41.6 Å². The molecule has 0 aliphatic heterocycles.